The molecule has 2 N–H and O–H groups in total. The highest BCUT2D eigenvalue weighted by molar-refractivity contribution is 6.42. The van der Waals surface area contributed by atoms with Gasteiger partial charge in [0.05, 0.1) is 15.6 Å². The van der Waals surface area contributed by atoms with Crippen molar-refractivity contribution in [3.8, 4) is 0 Å². The molecule has 2 aromatic rings. The molecule has 112 valence electrons. The molecule has 0 spiro atoms. The Labute approximate surface area is 135 Å². The van der Waals surface area contributed by atoms with E-state index in [0.29, 0.717) is 10.7 Å². The number of carbonyl (C=O) groups excluding carboxylic acids is 2. The average molecular weight is 338 g/mol. The number of benzene rings is 2. The Hall–Kier alpha value is -2.08. The van der Waals surface area contributed by atoms with Crippen LogP contribution in [0.3, 0.4) is 0 Å². The quantitative estimate of drug-likeness (QED) is 0.826. The lowest BCUT2D eigenvalue weighted by Crippen LogP contribution is -2.40. The van der Waals surface area contributed by atoms with E-state index >= 15 is 0 Å². The molecule has 0 radical (unpaired) electrons. The van der Waals surface area contributed by atoms with Gasteiger partial charge >= 0.3 is 17.7 Å². The fourth-order valence-electron chi connectivity index (χ4n) is 2.16. The zero-order valence-corrected chi connectivity index (χ0v) is 12.5. The minimum Gasteiger partial charge on any atom is -0.415 e. The molecule has 0 fully saturated rings. The second kappa shape index (κ2) is 5.28. The lowest BCUT2D eigenvalue weighted by Gasteiger charge is -2.21. The third-order valence-electron chi connectivity index (χ3n) is 3.24. The summed E-state index contributed by atoms with van der Waals surface area (Å²) in [7, 11) is 0. The molecule has 1 unspecified atom stereocenters. The largest absolute Gasteiger partial charge is 0.415 e. The molecule has 0 aliphatic carbocycles. The SMILES string of the molecule is O=C1OC(O)(C(=O)Nc2ccc(Cl)c(Cl)c2)c2ccccc21. The molecule has 2 aromatic carbocycles. The van der Waals surface area contributed by atoms with Crippen molar-refractivity contribution in [2.75, 3.05) is 5.32 Å². The molecule has 1 heterocycles. The van der Waals surface area contributed by atoms with Crippen LogP contribution in [0.5, 0.6) is 0 Å². The third kappa shape index (κ3) is 2.33. The maximum atomic E-state index is 12.3. The van der Waals surface area contributed by atoms with E-state index in [1.807, 2.05) is 0 Å². The van der Waals surface area contributed by atoms with Gasteiger partial charge in [0.25, 0.3) is 0 Å². The summed E-state index contributed by atoms with van der Waals surface area (Å²) >= 11 is 11.7. The Morgan fingerprint density at radius 3 is 2.59 bits per heavy atom. The standard InChI is InChI=1S/C15H9Cl2NO4/c16-11-6-5-8(7-12(11)17)18-14(20)15(21)10-4-2-1-3-9(10)13(19)22-15/h1-7,21H,(H,18,20). The van der Waals surface area contributed by atoms with Gasteiger partial charge in [-0.1, -0.05) is 41.4 Å². The number of fused-ring (bicyclic) bond motifs is 1. The summed E-state index contributed by atoms with van der Waals surface area (Å²) in [4.78, 5) is 24.1. The molecule has 3 rings (SSSR count). The summed E-state index contributed by atoms with van der Waals surface area (Å²) in [6.07, 6.45) is 0. The molecule has 0 bridgehead atoms. The fraction of sp³-hybridized carbons (Fsp3) is 0.0667. The first kappa shape index (κ1) is 14.8. The number of hydrogen-bond acceptors (Lipinski definition) is 4. The second-order valence-corrected chi connectivity index (χ2v) is 5.48. The van der Waals surface area contributed by atoms with E-state index in [2.05, 4.69) is 5.32 Å². The van der Waals surface area contributed by atoms with Gasteiger partial charge in [0.15, 0.2) is 0 Å². The van der Waals surface area contributed by atoms with Crippen LogP contribution in [0.25, 0.3) is 0 Å². The van der Waals surface area contributed by atoms with Gasteiger partial charge in [0.1, 0.15) is 0 Å². The van der Waals surface area contributed by atoms with E-state index in [4.69, 9.17) is 27.9 Å². The number of nitrogens with one attached hydrogen (secondary N) is 1. The summed E-state index contributed by atoms with van der Waals surface area (Å²) in [5.74, 6) is -4.04. The van der Waals surface area contributed by atoms with Crippen molar-refractivity contribution in [3.05, 3.63) is 63.6 Å². The van der Waals surface area contributed by atoms with Crippen LogP contribution in [0.15, 0.2) is 42.5 Å². The highest BCUT2D eigenvalue weighted by Gasteiger charge is 2.50. The van der Waals surface area contributed by atoms with Gasteiger partial charge < -0.3 is 15.2 Å². The monoisotopic (exact) mass is 337 g/mol. The van der Waals surface area contributed by atoms with Gasteiger partial charge in [-0.3, -0.25) is 4.79 Å². The Morgan fingerprint density at radius 1 is 1.14 bits per heavy atom. The van der Waals surface area contributed by atoms with Crippen LogP contribution in [0, 0.1) is 0 Å². The maximum absolute atomic E-state index is 12.3. The predicted molar refractivity (Wildman–Crippen MR) is 80.8 cm³/mol. The summed E-state index contributed by atoms with van der Waals surface area (Å²) in [5, 5.41) is 13.5. The van der Waals surface area contributed by atoms with Crippen LogP contribution in [0.1, 0.15) is 15.9 Å². The van der Waals surface area contributed by atoms with E-state index < -0.39 is 17.7 Å². The number of halogens is 2. The number of anilines is 1. The molecule has 1 aliphatic heterocycles. The molecule has 22 heavy (non-hydrogen) atoms. The van der Waals surface area contributed by atoms with Crippen molar-refractivity contribution >= 4 is 40.8 Å². The van der Waals surface area contributed by atoms with Crippen LogP contribution in [-0.2, 0) is 15.3 Å². The summed E-state index contributed by atoms with van der Waals surface area (Å²) in [6.45, 7) is 0. The van der Waals surface area contributed by atoms with Crippen LogP contribution in [0.2, 0.25) is 10.0 Å². The number of amides is 1. The maximum Gasteiger partial charge on any atom is 0.341 e. The van der Waals surface area contributed by atoms with E-state index in [1.54, 1.807) is 12.1 Å². The highest BCUT2D eigenvalue weighted by Crippen LogP contribution is 2.35. The first-order valence-corrected chi connectivity index (χ1v) is 6.99. The first-order valence-electron chi connectivity index (χ1n) is 6.23. The molecular weight excluding hydrogens is 329 g/mol. The van der Waals surface area contributed by atoms with E-state index in [9.17, 15) is 14.7 Å². The minimum atomic E-state index is -2.38. The molecule has 1 aliphatic rings. The lowest BCUT2D eigenvalue weighted by molar-refractivity contribution is -0.180. The van der Waals surface area contributed by atoms with Crippen molar-refractivity contribution in [3.63, 3.8) is 0 Å². The molecule has 7 heteroatoms. The topological polar surface area (TPSA) is 75.6 Å². The summed E-state index contributed by atoms with van der Waals surface area (Å²) in [5.41, 5.74) is 0.556. The Kier molecular flexibility index (Phi) is 3.56. The van der Waals surface area contributed by atoms with Crippen molar-refractivity contribution in [2.45, 2.75) is 5.79 Å². The fourth-order valence-corrected chi connectivity index (χ4v) is 2.46. The van der Waals surface area contributed by atoms with Crippen molar-refractivity contribution in [1.82, 2.24) is 0 Å². The number of cyclic esters (lactones) is 1. The van der Waals surface area contributed by atoms with Gasteiger partial charge in [-0.25, -0.2) is 4.79 Å². The van der Waals surface area contributed by atoms with Gasteiger partial charge in [-0.15, -0.1) is 0 Å². The third-order valence-corrected chi connectivity index (χ3v) is 3.98. The molecule has 0 saturated heterocycles. The second-order valence-electron chi connectivity index (χ2n) is 4.66. The van der Waals surface area contributed by atoms with Crippen LogP contribution in [0.4, 0.5) is 5.69 Å². The number of ether oxygens (including phenoxy) is 1. The number of aliphatic hydroxyl groups is 1. The van der Waals surface area contributed by atoms with Crippen molar-refractivity contribution < 1.29 is 19.4 Å². The number of rotatable bonds is 2. The van der Waals surface area contributed by atoms with Crippen molar-refractivity contribution in [2.24, 2.45) is 0 Å². The van der Waals surface area contributed by atoms with Crippen molar-refractivity contribution in [1.29, 1.82) is 0 Å². The van der Waals surface area contributed by atoms with Crippen LogP contribution >= 0.6 is 23.2 Å². The Morgan fingerprint density at radius 2 is 1.86 bits per heavy atom. The van der Waals surface area contributed by atoms with Crippen LogP contribution in [-0.4, -0.2) is 17.0 Å². The molecule has 0 aromatic heterocycles. The number of carbonyl (C=O) groups is 2. The lowest BCUT2D eigenvalue weighted by atomic mass is 10.0. The van der Waals surface area contributed by atoms with Gasteiger partial charge in [0, 0.05) is 11.3 Å². The minimum absolute atomic E-state index is 0.0950. The van der Waals surface area contributed by atoms with Gasteiger partial charge in [0.2, 0.25) is 0 Å². The summed E-state index contributed by atoms with van der Waals surface area (Å²) in [6, 6.07) is 10.6. The smallest absolute Gasteiger partial charge is 0.341 e. The zero-order valence-electron chi connectivity index (χ0n) is 11.0. The molecule has 1 atom stereocenters. The van der Waals surface area contributed by atoms with E-state index in [1.165, 1.54) is 30.3 Å². The Balaban J connectivity index is 1.92. The van der Waals surface area contributed by atoms with E-state index in [0.717, 1.165) is 0 Å². The number of esters is 1. The van der Waals surface area contributed by atoms with Crippen LogP contribution < -0.4 is 5.32 Å². The number of hydrogen-bond donors (Lipinski definition) is 2. The van der Waals surface area contributed by atoms with Gasteiger partial charge in [-0.05, 0) is 24.3 Å². The predicted octanol–water partition coefficient (Wildman–Crippen LogP) is 2.95. The highest BCUT2D eigenvalue weighted by atomic mass is 35.5. The molecule has 5 nitrogen and oxygen atoms in total. The van der Waals surface area contributed by atoms with E-state index in [-0.39, 0.29) is 16.1 Å². The zero-order chi connectivity index (χ0) is 15.9. The average Bonchev–Trinajstić information content (AvgIpc) is 2.76. The molecular formula is C15H9Cl2NO4. The normalized spacial score (nSPS) is 19.5. The Bertz CT molecular complexity index is 793. The first-order chi connectivity index (χ1) is 10.4. The van der Waals surface area contributed by atoms with Gasteiger partial charge in [-0.2, -0.15) is 0 Å². The molecule has 1 amide bonds. The molecule has 0 saturated carbocycles. The summed E-state index contributed by atoms with van der Waals surface area (Å²) < 4.78 is 4.85.